The predicted octanol–water partition coefficient (Wildman–Crippen LogP) is 2.73. The Morgan fingerprint density at radius 3 is 2.43 bits per heavy atom. The monoisotopic (exact) mass is 447 g/mol. The normalized spacial score (nSPS) is 17.9. The lowest BCUT2D eigenvalue weighted by atomic mass is 10.2. The SMILES string of the molecule is CCN1C(=O)[C@@H](CC(=O)Nc2ccc(OC)cc2)SC1=NS(=O)(=O)c1ccccc1. The number of rotatable bonds is 7. The van der Waals surface area contributed by atoms with Crippen LogP contribution in [0.2, 0.25) is 0 Å². The lowest BCUT2D eigenvalue weighted by Gasteiger charge is -2.13. The molecule has 1 aliphatic heterocycles. The Labute approximate surface area is 179 Å². The molecule has 10 heteroatoms. The van der Waals surface area contributed by atoms with E-state index in [2.05, 4.69) is 9.71 Å². The predicted molar refractivity (Wildman–Crippen MR) is 116 cm³/mol. The third kappa shape index (κ3) is 5.00. The number of hydrogen-bond acceptors (Lipinski definition) is 6. The summed E-state index contributed by atoms with van der Waals surface area (Å²) in [5.74, 6) is -0.0304. The van der Waals surface area contributed by atoms with Crippen molar-refractivity contribution >= 4 is 44.5 Å². The molecule has 2 aromatic rings. The topological polar surface area (TPSA) is 105 Å². The molecule has 30 heavy (non-hydrogen) atoms. The zero-order valence-electron chi connectivity index (χ0n) is 16.4. The Morgan fingerprint density at radius 1 is 1.17 bits per heavy atom. The Balaban J connectivity index is 1.72. The maximum absolute atomic E-state index is 12.7. The summed E-state index contributed by atoms with van der Waals surface area (Å²) in [5.41, 5.74) is 0.573. The number of carbonyl (C=O) groups is 2. The van der Waals surface area contributed by atoms with Gasteiger partial charge in [-0.15, -0.1) is 4.40 Å². The molecule has 1 saturated heterocycles. The van der Waals surface area contributed by atoms with E-state index in [0.717, 1.165) is 11.8 Å². The van der Waals surface area contributed by atoms with Gasteiger partial charge in [0.05, 0.1) is 12.0 Å². The van der Waals surface area contributed by atoms with Gasteiger partial charge in [-0.05, 0) is 43.3 Å². The molecule has 1 N–H and O–H groups in total. The van der Waals surface area contributed by atoms with Crippen LogP contribution in [0.1, 0.15) is 13.3 Å². The molecule has 8 nitrogen and oxygen atoms in total. The molecule has 0 aliphatic carbocycles. The number of anilines is 1. The van der Waals surface area contributed by atoms with E-state index in [1.54, 1.807) is 56.5 Å². The fourth-order valence-electron chi connectivity index (χ4n) is 2.80. The summed E-state index contributed by atoms with van der Waals surface area (Å²) in [4.78, 5) is 26.4. The number of nitrogens with zero attached hydrogens (tertiary/aromatic N) is 2. The number of amidine groups is 1. The number of carbonyl (C=O) groups excluding carboxylic acids is 2. The molecule has 3 rings (SSSR count). The second kappa shape index (κ2) is 9.31. The number of sulfonamides is 1. The minimum absolute atomic E-state index is 0.0438. The quantitative estimate of drug-likeness (QED) is 0.700. The van der Waals surface area contributed by atoms with Crippen molar-refractivity contribution in [1.29, 1.82) is 0 Å². The van der Waals surface area contributed by atoms with Crippen molar-refractivity contribution in [2.24, 2.45) is 4.40 Å². The first-order chi connectivity index (χ1) is 14.3. The minimum atomic E-state index is -3.96. The van der Waals surface area contributed by atoms with Crippen LogP contribution in [0.25, 0.3) is 0 Å². The fourth-order valence-corrected chi connectivity index (χ4v) is 5.24. The molecule has 1 aliphatic rings. The minimum Gasteiger partial charge on any atom is -0.497 e. The van der Waals surface area contributed by atoms with Gasteiger partial charge in [0.15, 0.2) is 5.17 Å². The van der Waals surface area contributed by atoms with E-state index in [1.165, 1.54) is 17.0 Å². The molecule has 0 saturated carbocycles. The third-order valence-corrected chi connectivity index (χ3v) is 6.89. The van der Waals surface area contributed by atoms with Crippen LogP contribution in [-0.4, -0.2) is 49.2 Å². The van der Waals surface area contributed by atoms with E-state index in [-0.39, 0.29) is 34.8 Å². The molecular formula is C20H21N3O5S2. The lowest BCUT2D eigenvalue weighted by Crippen LogP contribution is -2.33. The summed E-state index contributed by atoms with van der Waals surface area (Å²) < 4.78 is 34.0. The van der Waals surface area contributed by atoms with Crippen LogP contribution >= 0.6 is 11.8 Å². The van der Waals surface area contributed by atoms with Gasteiger partial charge in [0, 0.05) is 18.7 Å². The van der Waals surface area contributed by atoms with E-state index >= 15 is 0 Å². The highest BCUT2D eigenvalue weighted by molar-refractivity contribution is 8.16. The van der Waals surface area contributed by atoms with E-state index in [4.69, 9.17) is 4.74 Å². The van der Waals surface area contributed by atoms with Gasteiger partial charge in [0.2, 0.25) is 11.8 Å². The van der Waals surface area contributed by atoms with Crippen molar-refractivity contribution in [3.05, 3.63) is 54.6 Å². The fraction of sp³-hybridized carbons (Fsp3) is 0.250. The van der Waals surface area contributed by atoms with Crippen molar-refractivity contribution in [2.45, 2.75) is 23.5 Å². The standard InChI is InChI=1S/C20H21N3O5S2/c1-3-23-19(25)17(13-18(24)21-14-9-11-15(28-2)12-10-14)29-20(23)22-30(26,27)16-7-5-4-6-8-16/h4-12,17H,3,13H2,1-2H3,(H,21,24)/t17-/m1/s1. The molecule has 2 aromatic carbocycles. The highest BCUT2D eigenvalue weighted by atomic mass is 32.2. The first-order valence-electron chi connectivity index (χ1n) is 9.16. The number of hydrogen-bond donors (Lipinski definition) is 1. The van der Waals surface area contributed by atoms with Gasteiger partial charge in [-0.3, -0.25) is 14.5 Å². The first kappa shape index (κ1) is 21.8. The van der Waals surface area contributed by atoms with Crippen LogP contribution < -0.4 is 10.1 Å². The van der Waals surface area contributed by atoms with Crippen molar-refractivity contribution in [3.8, 4) is 5.75 Å². The average Bonchev–Trinajstić information content (AvgIpc) is 3.02. The summed E-state index contributed by atoms with van der Waals surface area (Å²) >= 11 is 0.984. The summed E-state index contributed by atoms with van der Waals surface area (Å²) in [5, 5.41) is 2.06. The molecule has 1 fully saturated rings. The molecule has 0 radical (unpaired) electrons. The van der Waals surface area contributed by atoms with Gasteiger partial charge in [0.1, 0.15) is 11.0 Å². The highest BCUT2D eigenvalue weighted by Crippen LogP contribution is 2.31. The van der Waals surface area contributed by atoms with Crippen molar-refractivity contribution in [1.82, 2.24) is 4.90 Å². The smallest absolute Gasteiger partial charge is 0.284 e. The summed E-state index contributed by atoms with van der Waals surface area (Å²) in [6.45, 7) is 1.98. The Hall–Kier alpha value is -2.85. The lowest BCUT2D eigenvalue weighted by molar-refractivity contribution is -0.128. The van der Waals surface area contributed by atoms with Crippen molar-refractivity contribution in [3.63, 3.8) is 0 Å². The zero-order chi connectivity index (χ0) is 21.7. The van der Waals surface area contributed by atoms with Crippen molar-refractivity contribution < 1.29 is 22.7 Å². The number of nitrogens with one attached hydrogen (secondary N) is 1. The summed E-state index contributed by atoms with van der Waals surface area (Å²) in [7, 11) is -2.41. The van der Waals surface area contributed by atoms with Gasteiger partial charge in [0.25, 0.3) is 10.0 Å². The number of benzene rings is 2. The summed E-state index contributed by atoms with van der Waals surface area (Å²) in [6, 6.07) is 14.6. The van der Waals surface area contributed by atoms with Crippen LogP contribution in [0.15, 0.2) is 63.9 Å². The van der Waals surface area contributed by atoms with Crippen LogP contribution in [0.3, 0.4) is 0 Å². The van der Waals surface area contributed by atoms with Crippen LogP contribution in [0.4, 0.5) is 5.69 Å². The Kier molecular flexibility index (Phi) is 6.78. The molecule has 0 bridgehead atoms. The number of amides is 2. The second-order valence-electron chi connectivity index (χ2n) is 6.33. The molecule has 1 atom stereocenters. The molecule has 158 valence electrons. The van der Waals surface area contributed by atoms with Gasteiger partial charge in [-0.25, -0.2) is 0 Å². The van der Waals surface area contributed by atoms with Crippen molar-refractivity contribution in [2.75, 3.05) is 19.0 Å². The van der Waals surface area contributed by atoms with E-state index in [0.29, 0.717) is 11.4 Å². The molecule has 0 spiro atoms. The molecule has 0 aromatic heterocycles. The van der Waals surface area contributed by atoms with Gasteiger partial charge >= 0.3 is 0 Å². The summed E-state index contributed by atoms with van der Waals surface area (Å²) in [6.07, 6.45) is -0.101. The second-order valence-corrected chi connectivity index (χ2v) is 9.11. The maximum atomic E-state index is 12.7. The van der Waals surface area contributed by atoms with E-state index in [1.807, 2.05) is 0 Å². The largest absolute Gasteiger partial charge is 0.497 e. The van der Waals surface area contributed by atoms with Crippen LogP contribution in [-0.2, 0) is 19.6 Å². The molecule has 0 unspecified atom stereocenters. The maximum Gasteiger partial charge on any atom is 0.284 e. The molecular weight excluding hydrogens is 426 g/mol. The average molecular weight is 448 g/mol. The zero-order valence-corrected chi connectivity index (χ0v) is 18.1. The van der Waals surface area contributed by atoms with Crippen LogP contribution in [0, 0.1) is 0 Å². The van der Waals surface area contributed by atoms with Gasteiger partial charge in [-0.2, -0.15) is 8.42 Å². The highest BCUT2D eigenvalue weighted by Gasteiger charge is 2.39. The molecule has 2 amide bonds. The van der Waals surface area contributed by atoms with E-state index in [9.17, 15) is 18.0 Å². The van der Waals surface area contributed by atoms with E-state index < -0.39 is 15.3 Å². The molecule has 1 heterocycles. The van der Waals surface area contributed by atoms with Gasteiger partial charge < -0.3 is 10.1 Å². The number of thioether (sulfide) groups is 1. The van der Waals surface area contributed by atoms with Gasteiger partial charge in [-0.1, -0.05) is 30.0 Å². The Bertz CT molecular complexity index is 1050. The third-order valence-electron chi connectivity index (χ3n) is 4.32. The van der Waals surface area contributed by atoms with Crippen LogP contribution in [0.5, 0.6) is 5.75 Å². The Morgan fingerprint density at radius 2 is 1.83 bits per heavy atom. The number of ether oxygens (including phenoxy) is 1. The number of methoxy groups -OCH3 is 1. The first-order valence-corrected chi connectivity index (χ1v) is 11.5.